The van der Waals surface area contributed by atoms with Crippen LogP contribution in [0, 0.1) is 5.92 Å². The second-order valence-electron chi connectivity index (χ2n) is 4.52. The second-order valence-corrected chi connectivity index (χ2v) is 4.52. The van der Waals surface area contributed by atoms with E-state index in [4.69, 9.17) is 5.73 Å². The van der Waals surface area contributed by atoms with E-state index in [2.05, 4.69) is 13.5 Å². The van der Waals surface area contributed by atoms with E-state index in [-0.39, 0.29) is 11.8 Å². The zero-order valence-electron chi connectivity index (χ0n) is 10.7. The molecule has 0 spiro atoms. The summed E-state index contributed by atoms with van der Waals surface area (Å²) >= 11 is 0. The maximum absolute atomic E-state index is 11.2. The minimum absolute atomic E-state index is 0.111. The Morgan fingerprint density at radius 2 is 1.81 bits per heavy atom. The van der Waals surface area contributed by atoms with Gasteiger partial charge in [-0.3, -0.25) is 4.79 Å². The third kappa shape index (κ3) is 8.51. The van der Waals surface area contributed by atoms with E-state index in [9.17, 15) is 4.79 Å². The predicted molar refractivity (Wildman–Crippen MR) is 70.1 cm³/mol. The zero-order valence-corrected chi connectivity index (χ0v) is 10.7. The van der Waals surface area contributed by atoms with Gasteiger partial charge in [0.1, 0.15) is 0 Å². The highest BCUT2D eigenvalue weighted by Crippen LogP contribution is 2.17. The molecular weight excluding hydrogens is 198 g/mol. The van der Waals surface area contributed by atoms with Crippen molar-refractivity contribution in [1.82, 2.24) is 0 Å². The first-order valence-electron chi connectivity index (χ1n) is 6.62. The first-order chi connectivity index (χ1) is 7.72. The molecule has 0 rings (SSSR count). The topological polar surface area (TPSA) is 43.1 Å². The molecule has 0 saturated heterocycles. The largest absolute Gasteiger partial charge is 0.369 e. The smallest absolute Gasteiger partial charge is 0.220 e. The van der Waals surface area contributed by atoms with Gasteiger partial charge >= 0.3 is 0 Å². The van der Waals surface area contributed by atoms with Crippen LogP contribution in [0.3, 0.4) is 0 Å². The van der Waals surface area contributed by atoms with Gasteiger partial charge in [0, 0.05) is 5.92 Å². The SMILES string of the molecule is C=CCCCCCCC(CCCC)C(N)=O. The molecule has 2 heteroatoms. The molecule has 0 aliphatic carbocycles. The van der Waals surface area contributed by atoms with Crippen molar-refractivity contribution in [1.29, 1.82) is 0 Å². The number of allylic oxidation sites excluding steroid dienone is 1. The number of unbranched alkanes of at least 4 members (excludes halogenated alkanes) is 5. The lowest BCUT2D eigenvalue weighted by atomic mass is 9.94. The van der Waals surface area contributed by atoms with Gasteiger partial charge in [-0.15, -0.1) is 6.58 Å². The van der Waals surface area contributed by atoms with Gasteiger partial charge in [0.15, 0.2) is 0 Å². The van der Waals surface area contributed by atoms with Crippen LogP contribution in [0.15, 0.2) is 12.7 Å². The molecule has 0 aromatic carbocycles. The van der Waals surface area contributed by atoms with Gasteiger partial charge < -0.3 is 5.73 Å². The highest BCUT2D eigenvalue weighted by atomic mass is 16.1. The lowest BCUT2D eigenvalue weighted by molar-refractivity contribution is -0.122. The molecule has 2 N–H and O–H groups in total. The van der Waals surface area contributed by atoms with Crippen molar-refractivity contribution in [3.8, 4) is 0 Å². The van der Waals surface area contributed by atoms with Gasteiger partial charge in [-0.1, -0.05) is 45.1 Å². The van der Waals surface area contributed by atoms with Crippen LogP contribution in [0.2, 0.25) is 0 Å². The number of carbonyl (C=O) groups is 1. The normalized spacial score (nSPS) is 12.3. The summed E-state index contributed by atoms with van der Waals surface area (Å²) in [6.07, 6.45) is 12.1. The van der Waals surface area contributed by atoms with E-state index in [0.29, 0.717) is 0 Å². The monoisotopic (exact) mass is 225 g/mol. The van der Waals surface area contributed by atoms with Crippen LogP contribution in [0.5, 0.6) is 0 Å². The van der Waals surface area contributed by atoms with Crippen molar-refractivity contribution in [2.45, 2.75) is 64.7 Å². The fraction of sp³-hybridized carbons (Fsp3) is 0.786. The number of primary amides is 1. The molecule has 0 bridgehead atoms. The molecule has 1 amide bonds. The summed E-state index contributed by atoms with van der Waals surface area (Å²) in [4.78, 5) is 11.2. The summed E-state index contributed by atoms with van der Waals surface area (Å²) in [5.41, 5.74) is 5.39. The Morgan fingerprint density at radius 1 is 1.19 bits per heavy atom. The molecule has 0 aliphatic heterocycles. The molecule has 1 unspecified atom stereocenters. The molecule has 0 aromatic rings. The maximum Gasteiger partial charge on any atom is 0.220 e. The standard InChI is InChI=1S/C14H27NO/c1-3-5-7-8-9-10-12-13(14(15)16)11-6-4-2/h3,13H,1,4-12H2,2H3,(H2,15,16). The lowest BCUT2D eigenvalue weighted by Crippen LogP contribution is -2.23. The molecule has 0 aromatic heterocycles. The summed E-state index contributed by atoms with van der Waals surface area (Å²) in [6, 6.07) is 0. The Balaban J connectivity index is 3.52. The Hall–Kier alpha value is -0.790. The number of rotatable bonds is 11. The summed E-state index contributed by atoms with van der Waals surface area (Å²) in [5, 5.41) is 0. The Kier molecular flexibility index (Phi) is 10.2. The van der Waals surface area contributed by atoms with Crippen LogP contribution in [0.25, 0.3) is 0 Å². The number of hydrogen-bond acceptors (Lipinski definition) is 1. The fourth-order valence-electron chi connectivity index (χ4n) is 1.91. The first kappa shape index (κ1) is 15.2. The van der Waals surface area contributed by atoms with Crippen LogP contribution in [0.1, 0.15) is 64.7 Å². The Morgan fingerprint density at radius 3 is 2.38 bits per heavy atom. The molecule has 16 heavy (non-hydrogen) atoms. The third-order valence-electron chi connectivity index (χ3n) is 3.02. The maximum atomic E-state index is 11.2. The average Bonchev–Trinajstić information content (AvgIpc) is 2.26. The number of hydrogen-bond donors (Lipinski definition) is 1. The van der Waals surface area contributed by atoms with E-state index < -0.39 is 0 Å². The fourth-order valence-corrected chi connectivity index (χ4v) is 1.91. The molecule has 94 valence electrons. The van der Waals surface area contributed by atoms with E-state index in [1.54, 1.807) is 0 Å². The molecule has 0 aliphatic rings. The van der Waals surface area contributed by atoms with Crippen LogP contribution in [-0.2, 0) is 4.79 Å². The lowest BCUT2D eigenvalue weighted by Gasteiger charge is -2.12. The minimum Gasteiger partial charge on any atom is -0.369 e. The second kappa shape index (κ2) is 10.7. The first-order valence-corrected chi connectivity index (χ1v) is 6.62. The molecule has 0 fully saturated rings. The van der Waals surface area contributed by atoms with E-state index >= 15 is 0 Å². The molecule has 0 radical (unpaired) electrons. The van der Waals surface area contributed by atoms with Crippen molar-refractivity contribution in [3.05, 3.63) is 12.7 Å². The Labute approximate surface area is 100 Å². The number of carbonyl (C=O) groups excluding carboxylic acids is 1. The van der Waals surface area contributed by atoms with Gasteiger partial charge in [0.25, 0.3) is 0 Å². The van der Waals surface area contributed by atoms with Crippen molar-refractivity contribution in [2.24, 2.45) is 11.7 Å². The quantitative estimate of drug-likeness (QED) is 0.422. The molecule has 2 nitrogen and oxygen atoms in total. The molecule has 1 atom stereocenters. The summed E-state index contributed by atoms with van der Waals surface area (Å²) in [6.45, 7) is 5.85. The average molecular weight is 225 g/mol. The van der Waals surface area contributed by atoms with Crippen LogP contribution >= 0.6 is 0 Å². The van der Waals surface area contributed by atoms with E-state index in [0.717, 1.165) is 38.5 Å². The molecule has 0 heterocycles. The highest BCUT2D eigenvalue weighted by Gasteiger charge is 2.13. The van der Waals surface area contributed by atoms with Gasteiger partial charge in [0.05, 0.1) is 0 Å². The van der Waals surface area contributed by atoms with Crippen molar-refractivity contribution in [3.63, 3.8) is 0 Å². The van der Waals surface area contributed by atoms with Crippen LogP contribution in [-0.4, -0.2) is 5.91 Å². The minimum atomic E-state index is -0.112. The molecular formula is C14H27NO. The number of nitrogens with two attached hydrogens (primary N) is 1. The van der Waals surface area contributed by atoms with Crippen molar-refractivity contribution in [2.75, 3.05) is 0 Å². The van der Waals surface area contributed by atoms with Gasteiger partial charge in [0.2, 0.25) is 5.91 Å². The van der Waals surface area contributed by atoms with E-state index in [1.807, 2.05) is 6.08 Å². The number of amides is 1. The summed E-state index contributed by atoms with van der Waals surface area (Å²) in [7, 11) is 0. The van der Waals surface area contributed by atoms with Crippen molar-refractivity contribution < 1.29 is 4.79 Å². The summed E-state index contributed by atoms with van der Waals surface area (Å²) in [5.74, 6) is -0.00102. The molecule has 0 saturated carbocycles. The van der Waals surface area contributed by atoms with E-state index in [1.165, 1.54) is 19.3 Å². The van der Waals surface area contributed by atoms with Gasteiger partial charge in [-0.05, 0) is 25.7 Å². The zero-order chi connectivity index (χ0) is 12.2. The predicted octanol–water partition coefficient (Wildman–Crippen LogP) is 3.80. The van der Waals surface area contributed by atoms with Crippen LogP contribution < -0.4 is 5.73 Å². The Bertz CT molecular complexity index is 189. The van der Waals surface area contributed by atoms with Gasteiger partial charge in [-0.25, -0.2) is 0 Å². The van der Waals surface area contributed by atoms with Crippen molar-refractivity contribution >= 4 is 5.91 Å². The van der Waals surface area contributed by atoms with Crippen LogP contribution in [0.4, 0.5) is 0 Å². The highest BCUT2D eigenvalue weighted by molar-refractivity contribution is 5.76. The summed E-state index contributed by atoms with van der Waals surface area (Å²) < 4.78 is 0. The van der Waals surface area contributed by atoms with Gasteiger partial charge in [-0.2, -0.15) is 0 Å². The third-order valence-corrected chi connectivity index (χ3v) is 3.02.